The van der Waals surface area contributed by atoms with Gasteiger partial charge in [0.1, 0.15) is 12.4 Å². The summed E-state index contributed by atoms with van der Waals surface area (Å²) in [6.45, 7) is 3.77. The van der Waals surface area contributed by atoms with Crippen LogP contribution in [0.5, 0.6) is 17.2 Å². The van der Waals surface area contributed by atoms with Gasteiger partial charge in [-0.3, -0.25) is 4.79 Å². The van der Waals surface area contributed by atoms with Crippen LogP contribution in [0, 0.1) is 3.57 Å². The number of halogens is 2. The Morgan fingerprint density at radius 2 is 1.84 bits per heavy atom. The Morgan fingerprint density at radius 3 is 2.57 bits per heavy atom. The molecule has 44 heavy (non-hydrogen) atoms. The molecule has 1 heterocycles. The quantitative estimate of drug-likeness (QED) is 0.0716. The summed E-state index contributed by atoms with van der Waals surface area (Å²) >= 11 is 11.1. The van der Waals surface area contributed by atoms with Gasteiger partial charge in [0.05, 0.1) is 31.5 Å². The minimum absolute atomic E-state index is 0.223. The summed E-state index contributed by atoms with van der Waals surface area (Å²) in [7, 11) is 1.55. The number of hydrogen-bond acceptors (Lipinski definition) is 8. The van der Waals surface area contributed by atoms with E-state index in [0.29, 0.717) is 55.8 Å². The number of amides is 1. The monoisotopic (exact) mass is 792 g/mol. The fourth-order valence-electron chi connectivity index (χ4n) is 4.27. The normalized spacial score (nSPS) is 14.5. The molecule has 3 aromatic carbocycles. The molecule has 0 aliphatic carbocycles. The highest BCUT2D eigenvalue weighted by atomic mass is 127. The molecule has 1 aliphatic rings. The van der Waals surface area contributed by atoms with Crippen LogP contribution < -0.4 is 30.3 Å². The highest BCUT2D eigenvalue weighted by molar-refractivity contribution is 14.1. The minimum Gasteiger partial charge on any atom is -0.493 e. The number of benzene rings is 3. The lowest BCUT2D eigenvalue weighted by molar-refractivity contribution is -0.139. The molecule has 0 saturated heterocycles. The van der Waals surface area contributed by atoms with E-state index in [2.05, 4.69) is 59.7 Å². The Hall–Kier alpha value is -3.69. The molecule has 0 bridgehead atoms. The van der Waals surface area contributed by atoms with E-state index >= 15 is 0 Å². The number of rotatable bonds is 12. The SMILES string of the molecule is CCOC(=O)C1=C(C)NC(=S)N[C@H]1c1ccccc1OCC(=O)NN=Cc1cc(OC)c(OCc2ccc(I)cc2)cc1Br. The summed E-state index contributed by atoms with van der Waals surface area (Å²) in [6, 6.07) is 18.0. The van der Waals surface area contributed by atoms with E-state index in [9.17, 15) is 9.59 Å². The first-order valence-electron chi connectivity index (χ1n) is 13.4. The maximum absolute atomic E-state index is 12.8. The van der Waals surface area contributed by atoms with Gasteiger partial charge in [0.15, 0.2) is 23.2 Å². The highest BCUT2D eigenvalue weighted by Crippen LogP contribution is 2.35. The van der Waals surface area contributed by atoms with Crippen molar-refractivity contribution >= 4 is 73.9 Å². The molecule has 3 N–H and O–H groups in total. The number of hydrogen-bond donors (Lipinski definition) is 3. The molecule has 13 heteroatoms. The second-order valence-electron chi connectivity index (χ2n) is 9.35. The molecule has 1 amide bonds. The number of nitrogens with one attached hydrogen (secondary N) is 3. The van der Waals surface area contributed by atoms with Gasteiger partial charge in [-0.2, -0.15) is 5.10 Å². The number of methoxy groups -OCH3 is 1. The summed E-state index contributed by atoms with van der Waals surface area (Å²) < 4.78 is 24.4. The third-order valence-electron chi connectivity index (χ3n) is 6.34. The first-order valence-corrected chi connectivity index (χ1v) is 15.7. The zero-order valence-corrected chi connectivity index (χ0v) is 28.7. The average molecular weight is 793 g/mol. The minimum atomic E-state index is -0.629. The summed E-state index contributed by atoms with van der Waals surface area (Å²) in [5.74, 6) is 0.516. The van der Waals surface area contributed by atoms with Crippen molar-refractivity contribution in [1.29, 1.82) is 0 Å². The summed E-state index contributed by atoms with van der Waals surface area (Å²) in [6.07, 6.45) is 1.49. The largest absolute Gasteiger partial charge is 0.493 e. The number of nitrogens with zero attached hydrogens (tertiary/aromatic N) is 1. The lowest BCUT2D eigenvalue weighted by Crippen LogP contribution is -2.45. The number of carbonyl (C=O) groups excluding carboxylic acids is 2. The molecule has 10 nitrogen and oxygen atoms in total. The van der Waals surface area contributed by atoms with E-state index in [1.807, 2.05) is 30.3 Å². The molecular weight excluding hydrogens is 763 g/mol. The maximum Gasteiger partial charge on any atom is 0.338 e. The van der Waals surface area contributed by atoms with Crippen molar-refractivity contribution in [2.75, 3.05) is 20.3 Å². The first kappa shape index (κ1) is 33.2. The van der Waals surface area contributed by atoms with Crippen LogP contribution in [0.1, 0.15) is 36.6 Å². The third kappa shape index (κ3) is 8.70. The third-order valence-corrected chi connectivity index (χ3v) is 7.96. The number of carbonyl (C=O) groups is 2. The molecule has 3 aromatic rings. The van der Waals surface area contributed by atoms with Gasteiger partial charge < -0.3 is 29.6 Å². The van der Waals surface area contributed by atoms with E-state index in [0.717, 1.165) is 9.13 Å². The predicted molar refractivity (Wildman–Crippen MR) is 183 cm³/mol. The molecule has 1 atom stereocenters. The number of hydrazone groups is 1. The number of allylic oxidation sites excluding steroid dienone is 1. The molecule has 0 saturated carbocycles. The topological polar surface area (TPSA) is 120 Å². The van der Waals surface area contributed by atoms with Crippen LogP contribution >= 0.6 is 50.7 Å². The Labute approximate surface area is 282 Å². The van der Waals surface area contributed by atoms with Crippen LogP contribution in [0.4, 0.5) is 0 Å². The number of thiocarbonyl (C=S) groups is 1. The van der Waals surface area contributed by atoms with Crippen molar-refractivity contribution in [3.05, 3.63) is 96.7 Å². The molecule has 0 fully saturated rings. The van der Waals surface area contributed by atoms with Gasteiger partial charge >= 0.3 is 5.97 Å². The highest BCUT2D eigenvalue weighted by Gasteiger charge is 2.32. The van der Waals surface area contributed by atoms with Crippen LogP contribution in [-0.4, -0.2) is 43.5 Å². The van der Waals surface area contributed by atoms with Crippen molar-refractivity contribution in [2.24, 2.45) is 5.10 Å². The van der Waals surface area contributed by atoms with Crippen LogP contribution in [0.15, 0.2) is 81.5 Å². The van der Waals surface area contributed by atoms with Crippen molar-refractivity contribution < 1.29 is 28.5 Å². The zero-order chi connectivity index (χ0) is 31.6. The van der Waals surface area contributed by atoms with E-state index in [1.165, 1.54) is 6.21 Å². The second kappa shape index (κ2) is 15.9. The number of para-hydroxylation sites is 1. The van der Waals surface area contributed by atoms with Gasteiger partial charge in [0.2, 0.25) is 0 Å². The molecule has 1 aliphatic heterocycles. The van der Waals surface area contributed by atoms with Crippen LogP contribution in [-0.2, 0) is 20.9 Å². The Morgan fingerprint density at radius 1 is 1.09 bits per heavy atom. The Bertz CT molecular complexity index is 1600. The van der Waals surface area contributed by atoms with E-state index in [1.54, 1.807) is 51.3 Å². The van der Waals surface area contributed by atoms with Gasteiger partial charge in [-0.05, 0) is 100 Å². The van der Waals surface area contributed by atoms with Crippen LogP contribution in [0.2, 0.25) is 0 Å². The number of esters is 1. The second-order valence-corrected chi connectivity index (χ2v) is 11.9. The summed E-state index contributed by atoms with van der Waals surface area (Å²) in [5, 5.41) is 10.5. The zero-order valence-electron chi connectivity index (χ0n) is 24.1. The fourth-order valence-corrected chi connectivity index (χ4v) is 5.33. The van der Waals surface area contributed by atoms with E-state index in [4.69, 9.17) is 31.2 Å². The maximum atomic E-state index is 12.8. The molecule has 4 rings (SSSR count). The van der Waals surface area contributed by atoms with E-state index < -0.39 is 17.9 Å². The number of ether oxygens (including phenoxy) is 4. The molecular formula is C31H30BrIN4O6S. The molecule has 0 spiro atoms. The lowest BCUT2D eigenvalue weighted by Gasteiger charge is -2.30. The predicted octanol–water partition coefficient (Wildman–Crippen LogP) is 5.53. The summed E-state index contributed by atoms with van der Waals surface area (Å²) in [4.78, 5) is 25.4. The standard InChI is InChI=1S/C31H30BrIN4O6S/c1-4-41-30(39)28-18(2)35-31(44)36-29(28)22-7-5-6-8-24(22)43-17-27(38)37-34-15-20-13-25(40-3)26(14-23(20)32)42-16-19-9-11-21(33)12-10-19/h5-15,29H,4,16-17H2,1-3H3,(H,37,38)(H2,35,36,44)/t29-/m0/s1. The van der Waals surface area contributed by atoms with Crippen LogP contribution in [0.3, 0.4) is 0 Å². The van der Waals surface area contributed by atoms with Crippen LogP contribution in [0.25, 0.3) is 0 Å². The fraction of sp³-hybridized carbons (Fsp3) is 0.226. The van der Waals surface area contributed by atoms with Crippen molar-refractivity contribution in [3.63, 3.8) is 0 Å². The Kier molecular flexibility index (Phi) is 12.0. The smallest absolute Gasteiger partial charge is 0.338 e. The van der Waals surface area contributed by atoms with Gasteiger partial charge in [-0.15, -0.1) is 0 Å². The molecule has 0 aromatic heterocycles. The average Bonchev–Trinajstić information content (AvgIpc) is 3.00. The van der Waals surface area contributed by atoms with Gasteiger partial charge in [0, 0.05) is 24.9 Å². The van der Waals surface area contributed by atoms with Gasteiger partial charge in [0.25, 0.3) is 5.91 Å². The molecule has 0 unspecified atom stereocenters. The molecule has 230 valence electrons. The van der Waals surface area contributed by atoms with E-state index in [-0.39, 0.29) is 13.2 Å². The molecule has 0 radical (unpaired) electrons. The first-order chi connectivity index (χ1) is 21.2. The lowest BCUT2D eigenvalue weighted by atomic mass is 9.95. The van der Waals surface area contributed by atoms with Crippen molar-refractivity contribution in [3.8, 4) is 17.2 Å². The summed E-state index contributed by atoms with van der Waals surface area (Å²) in [5.41, 5.74) is 5.74. The van der Waals surface area contributed by atoms with Crippen molar-refractivity contribution in [1.82, 2.24) is 16.1 Å². The Balaban J connectivity index is 1.39. The van der Waals surface area contributed by atoms with Gasteiger partial charge in [-0.25, -0.2) is 10.2 Å². The van der Waals surface area contributed by atoms with Gasteiger partial charge in [-0.1, -0.05) is 30.3 Å². The van der Waals surface area contributed by atoms with Crippen molar-refractivity contribution in [2.45, 2.75) is 26.5 Å².